The Balaban J connectivity index is 3.98. The van der Waals surface area contributed by atoms with Crippen molar-refractivity contribution in [2.24, 2.45) is 11.8 Å². The van der Waals surface area contributed by atoms with Crippen molar-refractivity contribution in [2.45, 2.75) is 111 Å². The molecular weight excluding hydrogens is 512 g/mol. The number of rotatable bonds is 14. The lowest BCUT2D eigenvalue weighted by Gasteiger charge is -2.49. The summed E-state index contributed by atoms with van der Waals surface area (Å²) in [5.41, 5.74) is -5.14. The molecule has 0 bridgehead atoms. The number of likely N-dealkylation sites (N-methyl/N-ethyl adjacent to an activating group) is 2. The Hall–Kier alpha value is -2.62. The lowest BCUT2D eigenvalue weighted by atomic mass is 9.67. The Morgan fingerprint density at radius 3 is 1.88 bits per heavy atom. The molecule has 0 saturated heterocycles. The van der Waals surface area contributed by atoms with Crippen LogP contribution in [0.1, 0.15) is 80.7 Å². The number of hydrogen-bond donors (Lipinski definition) is 2. The second kappa shape index (κ2) is 13.8. The van der Waals surface area contributed by atoms with Gasteiger partial charge < -0.3 is 19.8 Å². The predicted molar refractivity (Wildman–Crippen MR) is 154 cm³/mol. The van der Waals surface area contributed by atoms with Crippen molar-refractivity contribution in [1.29, 1.82) is 0 Å². The molecule has 0 aromatic heterocycles. The Morgan fingerprint density at radius 1 is 0.925 bits per heavy atom. The van der Waals surface area contributed by atoms with Crippen molar-refractivity contribution in [3.05, 3.63) is 35.9 Å². The number of ether oxygens (including phenoxy) is 1. The monoisotopic (exact) mass is 562 g/mol. The number of benzene rings is 1. The highest BCUT2D eigenvalue weighted by Crippen LogP contribution is 2.38. The molecule has 0 saturated carbocycles. The van der Waals surface area contributed by atoms with Gasteiger partial charge in [0.15, 0.2) is 11.3 Å². The normalized spacial score (nSPS) is 18.1. The largest absolute Gasteiger partial charge is 0.457 e. The molecule has 9 heteroatoms. The van der Waals surface area contributed by atoms with Crippen molar-refractivity contribution in [3.63, 3.8) is 0 Å². The molecule has 0 spiro atoms. The van der Waals surface area contributed by atoms with E-state index in [1.165, 1.54) is 14.0 Å². The number of carbonyl (C=O) groups is 4. The number of esters is 1. The van der Waals surface area contributed by atoms with Gasteiger partial charge in [-0.25, -0.2) is 4.79 Å². The van der Waals surface area contributed by atoms with Gasteiger partial charge in [-0.15, -0.1) is 0 Å². The molecule has 0 aliphatic carbocycles. The predicted octanol–water partition coefficient (Wildman–Crippen LogP) is 3.39. The Labute approximate surface area is 239 Å². The Kier molecular flexibility index (Phi) is 12.2. The summed E-state index contributed by atoms with van der Waals surface area (Å²) >= 11 is 0. The molecule has 2 N–H and O–H groups in total. The number of ketones is 2. The van der Waals surface area contributed by atoms with Crippen LogP contribution >= 0.6 is 0 Å². The van der Waals surface area contributed by atoms with Crippen molar-refractivity contribution >= 4 is 23.4 Å². The molecule has 6 atom stereocenters. The minimum Gasteiger partial charge on any atom is -0.457 e. The van der Waals surface area contributed by atoms with E-state index in [1.54, 1.807) is 41.7 Å². The van der Waals surface area contributed by atoms with Gasteiger partial charge in [0.05, 0.1) is 6.04 Å². The molecule has 1 amide bonds. The first-order chi connectivity index (χ1) is 18.3. The van der Waals surface area contributed by atoms with Crippen LogP contribution in [0.4, 0.5) is 0 Å². The van der Waals surface area contributed by atoms with E-state index in [0.717, 1.165) is 17.4 Å². The van der Waals surface area contributed by atoms with E-state index < -0.39 is 58.2 Å². The number of Topliss-reactive ketones (excluding diaryl/α,β-unsaturated/α-hetero) is 2. The molecule has 0 fully saturated rings. The zero-order chi connectivity index (χ0) is 31.2. The molecule has 1 rings (SSSR count). The molecule has 9 nitrogen and oxygen atoms in total. The van der Waals surface area contributed by atoms with Crippen LogP contribution in [0.5, 0.6) is 0 Å². The summed E-state index contributed by atoms with van der Waals surface area (Å²) in [5, 5.41) is 21.7. The van der Waals surface area contributed by atoms with Gasteiger partial charge in [-0.3, -0.25) is 19.3 Å². The summed E-state index contributed by atoms with van der Waals surface area (Å²) < 4.78 is 5.37. The zero-order valence-electron chi connectivity index (χ0n) is 26.1. The van der Waals surface area contributed by atoms with Crippen LogP contribution in [0.2, 0.25) is 0 Å². The minimum atomic E-state index is -2.77. The molecule has 226 valence electrons. The molecular formula is C31H50N2O7. The summed E-state index contributed by atoms with van der Waals surface area (Å²) in [6.07, 6.45) is -0.698. The third-order valence-corrected chi connectivity index (χ3v) is 7.70. The lowest BCUT2D eigenvalue weighted by Crippen LogP contribution is -2.74. The van der Waals surface area contributed by atoms with Crippen LogP contribution in [0.3, 0.4) is 0 Å². The fourth-order valence-corrected chi connectivity index (χ4v) is 5.13. The molecule has 1 aromatic carbocycles. The van der Waals surface area contributed by atoms with Crippen molar-refractivity contribution in [2.75, 3.05) is 14.1 Å². The van der Waals surface area contributed by atoms with Gasteiger partial charge in [0.25, 0.3) is 5.91 Å². The number of hydrogen-bond acceptors (Lipinski definition) is 8. The SMILES string of the molecule is CC[C@H](C)[C@@H](C(=O)[C@@](C(=O)[C@](C)(O)C(=O)OC(C)(C)C)([C@@H](C)CC)N(C)C(=O)[C@@H](C)O)N(C)Cc1ccccc1. The van der Waals surface area contributed by atoms with Gasteiger partial charge in [0.2, 0.25) is 11.4 Å². The van der Waals surface area contributed by atoms with Crippen molar-refractivity contribution < 1.29 is 34.1 Å². The standard InChI is InChI=1S/C31H50N2O7/c1-12-20(3)24(32(10)19-23-17-15-14-16-18-23)25(35)31(21(4)13-2,33(11)26(36)22(5)34)27(37)30(9,39)28(38)40-29(6,7)8/h14-18,20-22,24,34,39H,12-13,19H2,1-11H3/t20-,21-,22+,24-,30-,31+/m0/s1. The highest BCUT2D eigenvalue weighted by molar-refractivity contribution is 6.24. The van der Waals surface area contributed by atoms with Crippen molar-refractivity contribution in [1.82, 2.24) is 9.80 Å². The first-order valence-electron chi connectivity index (χ1n) is 14.0. The van der Waals surface area contributed by atoms with E-state index in [0.29, 0.717) is 13.0 Å². The molecule has 40 heavy (non-hydrogen) atoms. The van der Waals surface area contributed by atoms with Gasteiger partial charge in [-0.05, 0) is 59.1 Å². The highest BCUT2D eigenvalue weighted by atomic mass is 16.6. The van der Waals surface area contributed by atoms with Crippen molar-refractivity contribution in [3.8, 4) is 0 Å². The second-order valence-corrected chi connectivity index (χ2v) is 12.1. The maximum absolute atomic E-state index is 15.0. The molecule has 0 aliphatic heterocycles. The third kappa shape index (κ3) is 7.56. The number of amides is 1. The summed E-state index contributed by atoms with van der Waals surface area (Å²) in [6, 6.07) is 8.66. The number of nitrogens with zero attached hydrogens (tertiary/aromatic N) is 2. The minimum absolute atomic E-state index is 0.259. The zero-order valence-corrected chi connectivity index (χ0v) is 26.1. The van der Waals surface area contributed by atoms with E-state index in [1.807, 2.05) is 49.1 Å². The number of carbonyl (C=O) groups excluding carboxylic acids is 4. The summed E-state index contributed by atoms with van der Waals surface area (Å²) in [5.74, 6) is -4.98. The lowest BCUT2D eigenvalue weighted by molar-refractivity contribution is -0.186. The number of aliphatic hydroxyl groups is 2. The molecule has 1 aromatic rings. The van der Waals surface area contributed by atoms with Gasteiger partial charge in [-0.2, -0.15) is 0 Å². The second-order valence-electron chi connectivity index (χ2n) is 12.1. The fraction of sp³-hybridized carbons (Fsp3) is 0.677. The third-order valence-electron chi connectivity index (χ3n) is 7.70. The van der Waals surface area contributed by atoms with Crippen LogP contribution in [-0.2, 0) is 30.5 Å². The van der Waals surface area contributed by atoms with E-state index >= 15 is 0 Å². The maximum Gasteiger partial charge on any atom is 0.346 e. The van der Waals surface area contributed by atoms with Gasteiger partial charge in [-0.1, -0.05) is 70.9 Å². The average Bonchev–Trinajstić information content (AvgIpc) is 2.87. The van der Waals surface area contributed by atoms with Gasteiger partial charge in [0, 0.05) is 13.6 Å². The summed E-state index contributed by atoms with van der Waals surface area (Å²) in [4.78, 5) is 58.8. The van der Waals surface area contributed by atoms with E-state index in [9.17, 15) is 29.4 Å². The van der Waals surface area contributed by atoms with Crippen LogP contribution in [-0.4, -0.2) is 86.4 Å². The first kappa shape index (κ1) is 35.4. The van der Waals surface area contributed by atoms with Crippen LogP contribution < -0.4 is 0 Å². The topological polar surface area (TPSA) is 124 Å². The van der Waals surface area contributed by atoms with E-state index in [2.05, 4.69) is 0 Å². The summed E-state index contributed by atoms with van der Waals surface area (Å²) in [7, 11) is 3.04. The van der Waals surface area contributed by atoms with Crippen LogP contribution in [0, 0.1) is 11.8 Å². The maximum atomic E-state index is 15.0. The van der Waals surface area contributed by atoms with E-state index in [-0.39, 0.29) is 12.3 Å². The van der Waals surface area contributed by atoms with Crippen LogP contribution in [0.25, 0.3) is 0 Å². The van der Waals surface area contributed by atoms with E-state index in [4.69, 9.17) is 4.74 Å². The van der Waals surface area contributed by atoms with Gasteiger partial charge >= 0.3 is 5.97 Å². The Bertz CT molecular complexity index is 1030. The highest BCUT2D eigenvalue weighted by Gasteiger charge is 2.63. The molecule has 0 unspecified atom stereocenters. The summed E-state index contributed by atoms with van der Waals surface area (Å²) in [6.45, 7) is 14.6. The Morgan fingerprint density at radius 2 is 1.45 bits per heavy atom. The smallest absolute Gasteiger partial charge is 0.346 e. The van der Waals surface area contributed by atoms with Crippen LogP contribution in [0.15, 0.2) is 30.3 Å². The fourth-order valence-electron chi connectivity index (χ4n) is 5.13. The first-order valence-corrected chi connectivity index (χ1v) is 14.0. The number of aliphatic hydroxyl groups excluding tert-OH is 1. The molecule has 0 radical (unpaired) electrons. The molecule has 0 heterocycles. The quantitative estimate of drug-likeness (QED) is 0.261. The molecule has 0 aliphatic rings. The average molecular weight is 563 g/mol. The van der Waals surface area contributed by atoms with Gasteiger partial charge in [0.1, 0.15) is 11.7 Å².